The van der Waals surface area contributed by atoms with Gasteiger partial charge in [0.25, 0.3) is 11.5 Å². The average Bonchev–Trinajstić information content (AvgIpc) is 3.24. The van der Waals surface area contributed by atoms with Crippen LogP contribution in [0.25, 0.3) is 21.7 Å². The minimum Gasteiger partial charge on any atom is -0.336 e. The molecule has 1 aromatic carbocycles. The van der Waals surface area contributed by atoms with Crippen LogP contribution in [0.4, 0.5) is 0 Å². The standard InChI is InChI=1S/C22H21N3O2S.ClH/c26-21(24-11-8-23-9-12-24)18-14-17(15-4-2-1-3-5-15)22(27)25-10-6-16-7-13-28-20(16)19(18)25;/h1-5,7,13-14,23H,6,8-12H2;1H. The number of nitrogens with zero attached hydrogens (tertiary/aromatic N) is 2. The van der Waals surface area contributed by atoms with Crippen molar-refractivity contribution in [3.05, 3.63) is 69.3 Å². The molecule has 0 unspecified atom stereocenters. The van der Waals surface area contributed by atoms with E-state index < -0.39 is 0 Å². The van der Waals surface area contributed by atoms with Gasteiger partial charge in [0.2, 0.25) is 0 Å². The number of fused-ring (bicyclic) bond motifs is 3. The fraction of sp³-hybridized carbons (Fsp3) is 0.273. The molecule has 7 heteroatoms. The summed E-state index contributed by atoms with van der Waals surface area (Å²) in [6.45, 7) is 3.60. The SMILES string of the molecule is Cl.O=C(c1cc(-c2ccccc2)c(=O)n2c1-c1sccc1CC2)N1CCNCC1. The molecule has 2 aromatic heterocycles. The fourth-order valence-corrected chi connectivity index (χ4v) is 5.15. The van der Waals surface area contributed by atoms with E-state index in [1.54, 1.807) is 11.3 Å². The van der Waals surface area contributed by atoms with Gasteiger partial charge in [-0.05, 0) is 35.1 Å². The number of nitrogens with one attached hydrogen (secondary N) is 1. The molecule has 1 saturated heterocycles. The number of thiophene rings is 1. The number of carbonyl (C=O) groups excluding carboxylic acids is 1. The zero-order chi connectivity index (χ0) is 19.1. The maximum atomic E-state index is 13.5. The lowest BCUT2D eigenvalue weighted by atomic mass is 9.97. The number of rotatable bonds is 2. The maximum Gasteiger partial charge on any atom is 0.258 e. The number of carbonyl (C=O) groups is 1. The molecule has 5 nitrogen and oxygen atoms in total. The number of hydrogen-bond donors (Lipinski definition) is 1. The van der Waals surface area contributed by atoms with Crippen LogP contribution in [0.3, 0.4) is 0 Å². The molecule has 2 aliphatic heterocycles. The molecule has 0 atom stereocenters. The van der Waals surface area contributed by atoms with E-state index in [9.17, 15) is 9.59 Å². The Bertz CT molecular complexity index is 1100. The third kappa shape index (κ3) is 3.41. The van der Waals surface area contributed by atoms with Crippen LogP contribution < -0.4 is 10.9 Å². The van der Waals surface area contributed by atoms with E-state index in [0.717, 1.165) is 35.6 Å². The summed E-state index contributed by atoms with van der Waals surface area (Å²) in [5.74, 6) is 0.0173. The number of pyridine rings is 1. The van der Waals surface area contributed by atoms with Crippen LogP contribution in [0.2, 0.25) is 0 Å². The summed E-state index contributed by atoms with van der Waals surface area (Å²) in [6.07, 6.45) is 0.825. The van der Waals surface area contributed by atoms with Crippen molar-refractivity contribution in [2.24, 2.45) is 0 Å². The Labute approximate surface area is 179 Å². The summed E-state index contributed by atoms with van der Waals surface area (Å²) < 4.78 is 1.82. The maximum absolute atomic E-state index is 13.5. The monoisotopic (exact) mass is 427 g/mol. The third-order valence-corrected chi connectivity index (χ3v) is 6.54. The Morgan fingerprint density at radius 1 is 1.03 bits per heavy atom. The van der Waals surface area contributed by atoms with Crippen molar-refractivity contribution in [2.45, 2.75) is 13.0 Å². The van der Waals surface area contributed by atoms with Gasteiger partial charge in [0.05, 0.1) is 16.1 Å². The van der Waals surface area contributed by atoms with Crippen LogP contribution in [-0.2, 0) is 13.0 Å². The highest BCUT2D eigenvalue weighted by Crippen LogP contribution is 2.37. The molecule has 1 fully saturated rings. The van der Waals surface area contributed by atoms with Gasteiger partial charge < -0.3 is 14.8 Å². The zero-order valence-electron chi connectivity index (χ0n) is 15.9. The van der Waals surface area contributed by atoms with Gasteiger partial charge in [0, 0.05) is 38.3 Å². The number of hydrogen-bond acceptors (Lipinski definition) is 4. The smallest absolute Gasteiger partial charge is 0.258 e. The van der Waals surface area contributed by atoms with Gasteiger partial charge in [-0.25, -0.2) is 0 Å². The van der Waals surface area contributed by atoms with Gasteiger partial charge >= 0.3 is 0 Å². The van der Waals surface area contributed by atoms with Crippen molar-refractivity contribution >= 4 is 29.7 Å². The summed E-state index contributed by atoms with van der Waals surface area (Å²) >= 11 is 1.61. The first kappa shape index (κ1) is 19.9. The number of aryl methyl sites for hydroxylation is 1. The highest BCUT2D eigenvalue weighted by Gasteiger charge is 2.29. The fourth-order valence-electron chi connectivity index (χ4n) is 4.12. The van der Waals surface area contributed by atoms with Crippen molar-refractivity contribution in [1.82, 2.24) is 14.8 Å². The Morgan fingerprint density at radius 2 is 1.79 bits per heavy atom. The van der Waals surface area contributed by atoms with Crippen molar-refractivity contribution in [3.8, 4) is 21.7 Å². The van der Waals surface area contributed by atoms with Crippen LogP contribution in [0.5, 0.6) is 0 Å². The minimum atomic E-state index is -0.0166. The van der Waals surface area contributed by atoms with Crippen molar-refractivity contribution in [1.29, 1.82) is 0 Å². The Balaban J connectivity index is 0.00000205. The van der Waals surface area contributed by atoms with E-state index in [0.29, 0.717) is 30.8 Å². The molecule has 0 radical (unpaired) electrons. The summed E-state index contributed by atoms with van der Waals surface area (Å²) in [6, 6.07) is 13.6. The highest BCUT2D eigenvalue weighted by molar-refractivity contribution is 7.13. The molecule has 29 heavy (non-hydrogen) atoms. The Morgan fingerprint density at radius 3 is 2.55 bits per heavy atom. The van der Waals surface area contributed by atoms with E-state index in [2.05, 4.69) is 16.8 Å². The quantitative estimate of drug-likeness (QED) is 0.683. The van der Waals surface area contributed by atoms with Crippen LogP contribution in [-0.4, -0.2) is 41.6 Å². The zero-order valence-corrected chi connectivity index (χ0v) is 17.5. The van der Waals surface area contributed by atoms with Gasteiger partial charge in [-0.3, -0.25) is 9.59 Å². The molecule has 1 N–H and O–H groups in total. The lowest BCUT2D eigenvalue weighted by molar-refractivity contribution is 0.0735. The number of aromatic nitrogens is 1. The average molecular weight is 428 g/mol. The topological polar surface area (TPSA) is 54.3 Å². The van der Waals surface area contributed by atoms with E-state index in [1.807, 2.05) is 45.9 Å². The summed E-state index contributed by atoms with van der Waals surface area (Å²) in [5.41, 5.74) is 4.11. The Kier molecular flexibility index (Phi) is 5.58. The molecular formula is C22H22ClN3O2S. The summed E-state index contributed by atoms with van der Waals surface area (Å²) in [7, 11) is 0. The van der Waals surface area contributed by atoms with E-state index in [1.165, 1.54) is 5.56 Å². The van der Waals surface area contributed by atoms with Gasteiger partial charge in [0.15, 0.2) is 0 Å². The first-order valence-electron chi connectivity index (χ1n) is 9.64. The number of benzene rings is 1. The predicted octanol–water partition coefficient (Wildman–Crippen LogP) is 3.27. The van der Waals surface area contributed by atoms with Crippen LogP contribution in [0, 0.1) is 0 Å². The second-order valence-corrected chi connectivity index (χ2v) is 8.13. The second kappa shape index (κ2) is 8.14. The third-order valence-electron chi connectivity index (χ3n) is 5.58. The molecule has 3 aromatic rings. The highest BCUT2D eigenvalue weighted by atomic mass is 35.5. The Hall–Kier alpha value is -2.41. The molecule has 0 bridgehead atoms. The molecule has 2 aliphatic rings. The van der Waals surface area contributed by atoms with Crippen LogP contribution in [0.1, 0.15) is 15.9 Å². The molecule has 1 amide bonds. The largest absolute Gasteiger partial charge is 0.336 e. The first-order chi connectivity index (χ1) is 13.7. The predicted molar refractivity (Wildman–Crippen MR) is 119 cm³/mol. The molecule has 0 saturated carbocycles. The lowest BCUT2D eigenvalue weighted by Crippen LogP contribution is -2.47. The molecule has 150 valence electrons. The van der Waals surface area contributed by atoms with Crippen molar-refractivity contribution in [2.75, 3.05) is 26.2 Å². The van der Waals surface area contributed by atoms with E-state index in [4.69, 9.17) is 0 Å². The van der Waals surface area contributed by atoms with Crippen LogP contribution >= 0.6 is 23.7 Å². The molecule has 4 heterocycles. The van der Waals surface area contributed by atoms with Gasteiger partial charge in [-0.2, -0.15) is 0 Å². The number of amides is 1. The van der Waals surface area contributed by atoms with E-state index in [-0.39, 0.29) is 23.9 Å². The van der Waals surface area contributed by atoms with Crippen molar-refractivity contribution < 1.29 is 4.79 Å². The molecule has 5 rings (SSSR count). The first-order valence-corrected chi connectivity index (χ1v) is 10.5. The summed E-state index contributed by atoms with van der Waals surface area (Å²) in [5, 5.41) is 5.34. The summed E-state index contributed by atoms with van der Waals surface area (Å²) in [4.78, 5) is 29.8. The lowest BCUT2D eigenvalue weighted by Gasteiger charge is -2.30. The number of piperazine rings is 1. The molecule has 0 spiro atoms. The minimum absolute atomic E-state index is 0. The van der Waals surface area contributed by atoms with Crippen molar-refractivity contribution in [3.63, 3.8) is 0 Å². The van der Waals surface area contributed by atoms with Gasteiger partial charge in [0.1, 0.15) is 0 Å². The number of halogens is 1. The molecular weight excluding hydrogens is 406 g/mol. The van der Waals surface area contributed by atoms with Gasteiger partial charge in [-0.15, -0.1) is 23.7 Å². The second-order valence-electron chi connectivity index (χ2n) is 7.21. The normalized spacial score (nSPS) is 15.2. The van der Waals surface area contributed by atoms with Crippen LogP contribution in [0.15, 0.2) is 52.6 Å². The van der Waals surface area contributed by atoms with E-state index >= 15 is 0 Å². The molecule has 0 aliphatic carbocycles. The van der Waals surface area contributed by atoms with Gasteiger partial charge in [-0.1, -0.05) is 30.3 Å².